The number of unbranched alkanes of at least 4 members (excludes halogenated alkanes) is 2. The molecule has 0 unspecified atom stereocenters. The zero-order valence-electron chi connectivity index (χ0n) is 9.52. The average Bonchev–Trinajstić information content (AvgIpc) is 2.20. The summed E-state index contributed by atoms with van der Waals surface area (Å²) < 4.78 is 0. The van der Waals surface area contributed by atoms with E-state index in [2.05, 4.69) is 49.5 Å². The molecule has 0 aromatic carbocycles. The van der Waals surface area contributed by atoms with Crippen LogP contribution in [0.3, 0.4) is 0 Å². The Bertz CT molecular complexity index is 315. The Hall–Kier alpha value is -1.04. The van der Waals surface area contributed by atoms with Crippen molar-refractivity contribution in [1.29, 1.82) is 0 Å². The minimum Gasteiger partial charge on any atom is -0.0844 e. The van der Waals surface area contributed by atoms with Crippen LogP contribution in [-0.2, 0) is 0 Å². The molecule has 0 nitrogen and oxygen atoms in total. The smallest absolute Gasteiger partial charge is 0.0161 e. The highest BCUT2D eigenvalue weighted by atomic mass is 14.2. The Morgan fingerprint density at radius 2 is 2.07 bits per heavy atom. The van der Waals surface area contributed by atoms with Crippen molar-refractivity contribution in [1.82, 2.24) is 0 Å². The van der Waals surface area contributed by atoms with Crippen LogP contribution in [0.4, 0.5) is 0 Å². The third-order valence-corrected chi connectivity index (χ3v) is 3.22. The summed E-state index contributed by atoms with van der Waals surface area (Å²) in [4.78, 5) is 0. The number of hydrogen-bond donors (Lipinski definition) is 0. The number of rotatable bonds is 3. The Balaban J connectivity index is 2.09. The Labute approximate surface area is 93.1 Å². The fourth-order valence-electron chi connectivity index (χ4n) is 2.28. The molecule has 3 aliphatic rings. The van der Waals surface area contributed by atoms with Gasteiger partial charge in [0.1, 0.15) is 0 Å². The van der Waals surface area contributed by atoms with E-state index in [1.165, 1.54) is 25.7 Å². The van der Waals surface area contributed by atoms with E-state index in [-0.39, 0.29) is 0 Å². The molecule has 0 saturated carbocycles. The van der Waals surface area contributed by atoms with Crippen LogP contribution < -0.4 is 0 Å². The van der Waals surface area contributed by atoms with Crippen molar-refractivity contribution in [2.75, 3.05) is 0 Å². The molecule has 0 N–H and O–H groups in total. The van der Waals surface area contributed by atoms with Crippen LogP contribution in [0.5, 0.6) is 0 Å². The molecule has 0 aliphatic heterocycles. The Morgan fingerprint density at radius 1 is 1.20 bits per heavy atom. The van der Waals surface area contributed by atoms with Crippen LogP contribution in [0.15, 0.2) is 48.1 Å². The van der Waals surface area contributed by atoms with E-state index in [1.54, 1.807) is 5.57 Å². The summed E-state index contributed by atoms with van der Waals surface area (Å²) in [7, 11) is 0. The molecule has 3 rings (SSSR count). The van der Waals surface area contributed by atoms with Gasteiger partial charge in [-0.3, -0.25) is 0 Å². The second-order valence-corrected chi connectivity index (χ2v) is 4.47. The standard InChI is InChI=1S/C15H20/c1-2-3-4-9-15-12-13-7-5-6-8-14(15)11-10-13/h5-11,13-14H,2-4,12H2,1H3/b7-5?,8-6-,15-9+/t13-,14+/m0/s1. The fourth-order valence-corrected chi connectivity index (χ4v) is 2.28. The van der Waals surface area contributed by atoms with Crippen molar-refractivity contribution in [3.8, 4) is 0 Å². The average molecular weight is 200 g/mol. The molecule has 2 atom stereocenters. The van der Waals surface area contributed by atoms with E-state index in [0.717, 1.165) is 0 Å². The molecule has 0 heteroatoms. The van der Waals surface area contributed by atoms with Gasteiger partial charge in [0.2, 0.25) is 0 Å². The molecular formula is C15H20. The van der Waals surface area contributed by atoms with Crippen LogP contribution in [-0.4, -0.2) is 0 Å². The number of fused-ring (bicyclic) bond motifs is 2. The van der Waals surface area contributed by atoms with Crippen molar-refractivity contribution >= 4 is 0 Å². The van der Waals surface area contributed by atoms with Crippen LogP contribution in [0.2, 0.25) is 0 Å². The molecule has 80 valence electrons. The first-order valence-corrected chi connectivity index (χ1v) is 6.12. The van der Waals surface area contributed by atoms with E-state index < -0.39 is 0 Å². The normalized spacial score (nSPS) is 33.0. The van der Waals surface area contributed by atoms with Crippen molar-refractivity contribution in [3.63, 3.8) is 0 Å². The van der Waals surface area contributed by atoms with Gasteiger partial charge in [0.15, 0.2) is 0 Å². The van der Waals surface area contributed by atoms with Crippen molar-refractivity contribution in [2.24, 2.45) is 11.8 Å². The maximum absolute atomic E-state index is 2.47. The number of allylic oxidation sites excluding steroid dienone is 8. The Kier molecular flexibility index (Phi) is 3.60. The summed E-state index contributed by atoms with van der Waals surface area (Å²) in [5.74, 6) is 1.21. The summed E-state index contributed by atoms with van der Waals surface area (Å²) in [5, 5.41) is 0. The minimum atomic E-state index is 0.572. The summed E-state index contributed by atoms with van der Waals surface area (Å²) in [6, 6.07) is 0. The van der Waals surface area contributed by atoms with Gasteiger partial charge in [0.05, 0.1) is 0 Å². The number of hydrogen-bond acceptors (Lipinski definition) is 0. The third kappa shape index (κ3) is 2.71. The molecule has 0 aromatic rings. The second kappa shape index (κ2) is 5.16. The highest BCUT2D eigenvalue weighted by molar-refractivity contribution is 5.31. The molecule has 15 heavy (non-hydrogen) atoms. The lowest BCUT2D eigenvalue weighted by molar-refractivity contribution is 0.682. The van der Waals surface area contributed by atoms with E-state index in [9.17, 15) is 0 Å². The molecule has 0 fully saturated rings. The maximum atomic E-state index is 2.47. The van der Waals surface area contributed by atoms with Gasteiger partial charge in [-0.25, -0.2) is 0 Å². The van der Waals surface area contributed by atoms with Gasteiger partial charge in [0.25, 0.3) is 0 Å². The third-order valence-electron chi connectivity index (χ3n) is 3.22. The summed E-state index contributed by atoms with van der Waals surface area (Å²) in [5.41, 5.74) is 1.62. The molecule has 2 bridgehead atoms. The van der Waals surface area contributed by atoms with Gasteiger partial charge in [-0.15, -0.1) is 0 Å². The van der Waals surface area contributed by atoms with Gasteiger partial charge < -0.3 is 0 Å². The van der Waals surface area contributed by atoms with Crippen molar-refractivity contribution < 1.29 is 0 Å². The van der Waals surface area contributed by atoms with Crippen molar-refractivity contribution in [2.45, 2.75) is 32.6 Å². The molecule has 0 heterocycles. The van der Waals surface area contributed by atoms with E-state index >= 15 is 0 Å². The maximum Gasteiger partial charge on any atom is 0.0161 e. The topological polar surface area (TPSA) is 0 Å². The first kappa shape index (κ1) is 10.5. The minimum absolute atomic E-state index is 0.572. The van der Waals surface area contributed by atoms with Crippen LogP contribution in [0.25, 0.3) is 0 Å². The molecule has 0 aromatic heterocycles. The predicted octanol–water partition coefficient (Wildman–Crippen LogP) is 4.42. The summed E-state index contributed by atoms with van der Waals surface area (Å²) >= 11 is 0. The van der Waals surface area contributed by atoms with Gasteiger partial charge in [-0.05, 0) is 18.8 Å². The lowest BCUT2D eigenvalue weighted by Crippen LogP contribution is -2.10. The largest absolute Gasteiger partial charge is 0.0844 e. The van der Waals surface area contributed by atoms with Gasteiger partial charge in [-0.1, -0.05) is 67.9 Å². The van der Waals surface area contributed by atoms with Crippen LogP contribution in [0.1, 0.15) is 32.6 Å². The van der Waals surface area contributed by atoms with Crippen LogP contribution >= 0.6 is 0 Å². The summed E-state index contributed by atoms with van der Waals surface area (Å²) in [6.07, 6.45) is 21.2. The first-order valence-electron chi connectivity index (χ1n) is 6.12. The highest BCUT2D eigenvalue weighted by Gasteiger charge is 2.17. The fraction of sp³-hybridized carbons (Fsp3) is 0.467. The van der Waals surface area contributed by atoms with E-state index in [0.29, 0.717) is 11.8 Å². The molecule has 0 radical (unpaired) electrons. The first-order chi connectivity index (χ1) is 7.40. The quantitative estimate of drug-likeness (QED) is 0.467. The van der Waals surface area contributed by atoms with Gasteiger partial charge in [0, 0.05) is 5.92 Å². The zero-order valence-corrected chi connectivity index (χ0v) is 9.52. The molecule has 0 amide bonds. The highest BCUT2D eigenvalue weighted by Crippen LogP contribution is 2.31. The van der Waals surface area contributed by atoms with Crippen molar-refractivity contribution in [3.05, 3.63) is 48.1 Å². The van der Waals surface area contributed by atoms with Gasteiger partial charge >= 0.3 is 0 Å². The lowest BCUT2D eigenvalue weighted by Gasteiger charge is -2.24. The van der Waals surface area contributed by atoms with E-state index in [4.69, 9.17) is 0 Å². The zero-order chi connectivity index (χ0) is 10.5. The molecule has 0 spiro atoms. The SMILES string of the molecule is CCCC/C=C1\C[C@H]2C=C/C=C\[C@@H]1C=C2. The second-order valence-electron chi connectivity index (χ2n) is 4.47. The predicted molar refractivity (Wildman–Crippen MR) is 66.6 cm³/mol. The van der Waals surface area contributed by atoms with E-state index in [1.807, 2.05) is 0 Å². The van der Waals surface area contributed by atoms with Crippen LogP contribution in [0, 0.1) is 11.8 Å². The monoisotopic (exact) mass is 200 g/mol. The Morgan fingerprint density at radius 3 is 2.93 bits per heavy atom. The van der Waals surface area contributed by atoms with Gasteiger partial charge in [-0.2, -0.15) is 0 Å². The molecule has 3 aliphatic carbocycles. The molecule has 0 saturated heterocycles. The lowest BCUT2D eigenvalue weighted by atomic mass is 9.81. The summed E-state index contributed by atoms with van der Waals surface area (Å²) in [6.45, 7) is 2.26. The molecular weight excluding hydrogens is 180 g/mol.